The Balaban J connectivity index is 1.49. The second-order valence-electron chi connectivity index (χ2n) is 15.3. The van der Waals surface area contributed by atoms with Gasteiger partial charge in [0.25, 0.3) is 0 Å². The van der Waals surface area contributed by atoms with Crippen LogP contribution in [0.2, 0.25) is 0 Å². The van der Waals surface area contributed by atoms with Crippen molar-refractivity contribution in [1.29, 1.82) is 0 Å². The van der Waals surface area contributed by atoms with Gasteiger partial charge in [-0.05, 0) is 122 Å². The van der Waals surface area contributed by atoms with Gasteiger partial charge in [0.1, 0.15) is 6.10 Å². The molecule has 4 heteroatoms. The summed E-state index contributed by atoms with van der Waals surface area (Å²) in [6.45, 7) is 18.9. The van der Waals surface area contributed by atoms with Gasteiger partial charge in [-0.2, -0.15) is 0 Å². The molecule has 200 valence electrons. The Labute approximate surface area is 214 Å². The maximum absolute atomic E-state index is 11.9. The van der Waals surface area contributed by atoms with Crippen molar-refractivity contribution in [3.05, 3.63) is 0 Å². The molecule has 4 nitrogen and oxygen atoms in total. The molecule has 35 heavy (non-hydrogen) atoms. The zero-order valence-electron chi connectivity index (χ0n) is 23.8. The van der Waals surface area contributed by atoms with Crippen molar-refractivity contribution in [1.82, 2.24) is 0 Å². The van der Waals surface area contributed by atoms with E-state index in [9.17, 15) is 10.1 Å². The molecule has 0 aromatic carbocycles. The maximum Gasteiger partial charge on any atom is 0.302 e. The molecule has 0 aromatic rings. The Kier molecular flexibility index (Phi) is 6.09. The molecule has 1 N–H and O–H groups in total. The fourth-order valence-electron chi connectivity index (χ4n) is 12.0. The zero-order chi connectivity index (χ0) is 25.6. The highest BCUT2D eigenvalue weighted by Crippen LogP contribution is 2.77. The van der Waals surface area contributed by atoms with E-state index in [2.05, 4.69) is 48.5 Å². The first-order valence-electron chi connectivity index (χ1n) is 14.7. The van der Waals surface area contributed by atoms with Crippen LogP contribution in [0.15, 0.2) is 0 Å². The van der Waals surface area contributed by atoms with Gasteiger partial charge in [0.05, 0.1) is 6.10 Å². The Morgan fingerprint density at radius 3 is 2.20 bits per heavy atom. The summed E-state index contributed by atoms with van der Waals surface area (Å²) < 4.78 is 5.90. The summed E-state index contributed by atoms with van der Waals surface area (Å²) in [7, 11) is 0. The topological polar surface area (TPSA) is 55.8 Å². The molecule has 0 heterocycles. The van der Waals surface area contributed by atoms with Crippen LogP contribution in [0.4, 0.5) is 0 Å². The van der Waals surface area contributed by atoms with Crippen molar-refractivity contribution in [2.45, 2.75) is 132 Å². The molecule has 5 fully saturated rings. The van der Waals surface area contributed by atoms with Crippen LogP contribution in [-0.4, -0.2) is 23.4 Å². The smallest absolute Gasteiger partial charge is 0.302 e. The van der Waals surface area contributed by atoms with E-state index in [1.807, 2.05) is 0 Å². The minimum Gasteiger partial charge on any atom is -0.462 e. The molecule has 11 atom stereocenters. The summed E-state index contributed by atoms with van der Waals surface area (Å²) in [6.07, 6.45) is 12.5. The average Bonchev–Trinajstić information content (AvgIpc) is 3.13. The number of hydrogen-bond acceptors (Lipinski definition) is 4. The molecule has 5 aliphatic carbocycles. The lowest BCUT2D eigenvalue weighted by molar-refractivity contribution is -0.296. The first-order valence-corrected chi connectivity index (χ1v) is 14.7. The van der Waals surface area contributed by atoms with Gasteiger partial charge in [0.2, 0.25) is 0 Å². The minimum atomic E-state index is -0.127. The number of fused-ring (bicyclic) bond motifs is 7. The summed E-state index contributed by atoms with van der Waals surface area (Å²) in [4.78, 5) is 16.9. The van der Waals surface area contributed by atoms with E-state index < -0.39 is 0 Å². The molecule has 5 aliphatic rings. The molecule has 2 unspecified atom stereocenters. The number of carbonyl (C=O) groups excluding carboxylic acids is 1. The fourth-order valence-corrected chi connectivity index (χ4v) is 12.0. The van der Waals surface area contributed by atoms with Gasteiger partial charge >= 0.3 is 5.97 Å². The minimum absolute atomic E-state index is 0.0212. The molecule has 0 aliphatic heterocycles. The molecule has 0 aromatic heterocycles. The van der Waals surface area contributed by atoms with Crippen LogP contribution in [0.25, 0.3) is 0 Å². The van der Waals surface area contributed by atoms with E-state index in [-0.39, 0.29) is 23.6 Å². The SMILES string of the molecule is CC(=O)O[C@H]1CC[C@]2(C)[C@H]3CC[C@@H]4C5C([C@H](C)OO)CC[C@]5(C)CC[C@@]4(C)[C@]3(C)CC[C@H]2C1(C)C. The number of hydrogen-bond donors (Lipinski definition) is 1. The summed E-state index contributed by atoms with van der Waals surface area (Å²) in [6, 6.07) is 0. The van der Waals surface area contributed by atoms with Gasteiger partial charge in [-0.15, -0.1) is 0 Å². The van der Waals surface area contributed by atoms with Crippen LogP contribution in [0, 0.1) is 56.7 Å². The van der Waals surface area contributed by atoms with Gasteiger partial charge < -0.3 is 4.74 Å². The van der Waals surface area contributed by atoms with Crippen LogP contribution >= 0.6 is 0 Å². The third kappa shape index (κ3) is 3.40. The quantitative estimate of drug-likeness (QED) is 0.249. The zero-order valence-corrected chi connectivity index (χ0v) is 23.8. The summed E-state index contributed by atoms with van der Waals surface area (Å²) in [5.74, 6) is 3.05. The average molecular weight is 489 g/mol. The Morgan fingerprint density at radius 1 is 0.829 bits per heavy atom. The van der Waals surface area contributed by atoms with Gasteiger partial charge in [-0.25, -0.2) is 4.89 Å². The fraction of sp³-hybridized carbons (Fsp3) is 0.968. The summed E-state index contributed by atoms with van der Waals surface area (Å²) in [5.41, 5.74) is 1.40. The standard InChI is InChI=1S/C31H52O4/c1-19(35-33)21-11-14-28(5)17-18-30(7)22(26(21)28)9-10-24-29(6)15-13-25(34-20(2)32)27(3,4)23(29)12-16-31(24,30)8/h19,21-26,33H,9-18H2,1-8H3/t19-,21?,22+,23-,24+,25-,26?,28+,29-,30+,31+/m0/s1. The number of esters is 1. The lowest BCUT2D eigenvalue weighted by Gasteiger charge is -2.73. The first kappa shape index (κ1) is 26.0. The number of rotatable bonds is 3. The summed E-state index contributed by atoms with van der Waals surface area (Å²) in [5, 5.41) is 9.62. The van der Waals surface area contributed by atoms with E-state index in [0.29, 0.717) is 39.4 Å². The molecule has 5 rings (SSSR count). The normalized spacial score (nSPS) is 53.5. The summed E-state index contributed by atoms with van der Waals surface area (Å²) >= 11 is 0. The van der Waals surface area contributed by atoms with Crippen molar-refractivity contribution in [2.24, 2.45) is 56.7 Å². The van der Waals surface area contributed by atoms with Crippen LogP contribution in [0.3, 0.4) is 0 Å². The first-order chi connectivity index (χ1) is 16.2. The van der Waals surface area contributed by atoms with Crippen molar-refractivity contribution in [3.63, 3.8) is 0 Å². The third-order valence-corrected chi connectivity index (χ3v) is 13.9. The van der Waals surface area contributed by atoms with Crippen molar-refractivity contribution >= 4 is 5.97 Å². The van der Waals surface area contributed by atoms with Gasteiger partial charge in [-0.1, -0.05) is 41.5 Å². The van der Waals surface area contributed by atoms with Crippen LogP contribution in [0.5, 0.6) is 0 Å². The highest BCUT2D eigenvalue weighted by atomic mass is 17.1. The predicted molar refractivity (Wildman–Crippen MR) is 139 cm³/mol. The Hall–Kier alpha value is -0.610. The number of ether oxygens (including phenoxy) is 1. The van der Waals surface area contributed by atoms with E-state index in [1.165, 1.54) is 57.8 Å². The van der Waals surface area contributed by atoms with Gasteiger partial charge in [0.15, 0.2) is 0 Å². The molecular formula is C31H52O4. The van der Waals surface area contributed by atoms with Crippen LogP contribution in [0.1, 0.15) is 120 Å². The Bertz CT molecular complexity index is 853. The van der Waals surface area contributed by atoms with E-state index in [4.69, 9.17) is 9.62 Å². The van der Waals surface area contributed by atoms with Crippen molar-refractivity contribution in [2.75, 3.05) is 0 Å². The van der Waals surface area contributed by atoms with Crippen molar-refractivity contribution < 1.29 is 19.7 Å². The van der Waals surface area contributed by atoms with Gasteiger partial charge in [-0.3, -0.25) is 10.1 Å². The molecule has 5 saturated carbocycles. The second kappa shape index (κ2) is 8.19. The maximum atomic E-state index is 11.9. The largest absolute Gasteiger partial charge is 0.462 e. The lowest BCUT2D eigenvalue weighted by atomic mass is 9.32. The number of carbonyl (C=O) groups is 1. The second-order valence-corrected chi connectivity index (χ2v) is 15.3. The van der Waals surface area contributed by atoms with Crippen molar-refractivity contribution in [3.8, 4) is 0 Å². The van der Waals surface area contributed by atoms with Gasteiger partial charge in [0, 0.05) is 12.3 Å². The monoisotopic (exact) mass is 488 g/mol. The van der Waals surface area contributed by atoms with E-state index in [0.717, 1.165) is 18.3 Å². The van der Waals surface area contributed by atoms with E-state index in [1.54, 1.807) is 6.92 Å². The molecule has 0 radical (unpaired) electrons. The lowest BCUT2D eigenvalue weighted by Crippen LogP contribution is -2.66. The van der Waals surface area contributed by atoms with Crippen LogP contribution < -0.4 is 0 Å². The highest BCUT2D eigenvalue weighted by molar-refractivity contribution is 5.66. The predicted octanol–water partition coefficient (Wildman–Crippen LogP) is 7.90. The molecular weight excluding hydrogens is 436 g/mol. The van der Waals surface area contributed by atoms with E-state index >= 15 is 0 Å². The highest BCUT2D eigenvalue weighted by Gasteiger charge is 2.70. The molecule has 0 amide bonds. The molecule has 0 spiro atoms. The third-order valence-electron chi connectivity index (χ3n) is 13.9. The molecule has 0 bridgehead atoms. The Morgan fingerprint density at radius 2 is 1.54 bits per heavy atom. The van der Waals surface area contributed by atoms with Crippen LogP contribution in [-0.2, 0) is 14.4 Å². The molecule has 0 saturated heterocycles.